The molecule has 0 saturated heterocycles. The molecule has 29 heavy (non-hydrogen) atoms. The summed E-state index contributed by atoms with van der Waals surface area (Å²) in [4.78, 5) is 22.9. The number of para-hydroxylation sites is 1. The van der Waals surface area contributed by atoms with E-state index in [2.05, 4.69) is 23.7 Å². The van der Waals surface area contributed by atoms with Crippen molar-refractivity contribution in [2.45, 2.75) is 13.8 Å². The number of quaternary nitrogens is 1. The van der Waals surface area contributed by atoms with Crippen LogP contribution in [0.4, 0.5) is 15.2 Å². The van der Waals surface area contributed by atoms with Crippen molar-refractivity contribution in [2.24, 2.45) is 0 Å². The van der Waals surface area contributed by atoms with Gasteiger partial charge in [0.1, 0.15) is 11.3 Å². The smallest absolute Gasteiger partial charge is 0.260 e. The summed E-state index contributed by atoms with van der Waals surface area (Å²) >= 11 is 1.35. The molecule has 0 spiro atoms. The van der Waals surface area contributed by atoms with Crippen molar-refractivity contribution in [2.75, 3.05) is 50.1 Å². The molecule has 5 nitrogen and oxygen atoms in total. The number of nitrogens with zero attached hydrogens (tertiary/aromatic N) is 3. The maximum absolute atomic E-state index is 14.1. The minimum atomic E-state index is -0.362. The first-order valence-corrected chi connectivity index (χ1v) is 10.8. The number of benzene rings is 2. The fraction of sp³-hybridized carbons (Fsp3) is 0.364. The minimum Gasteiger partial charge on any atom is -0.372 e. The third-order valence-electron chi connectivity index (χ3n) is 4.91. The number of carbonyl (C=O) groups excluding carboxylic acids is 1. The van der Waals surface area contributed by atoms with Crippen LogP contribution in [0.1, 0.15) is 24.2 Å². The van der Waals surface area contributed by atoms with Crippen molar-refractivity contribution in [3.8, 4) is 0 Å². The Kier molecular flexibility index (Phi) is 6.82. The second kappa shape index (κ2) is 9.33. The van der Waals surface area contributed by atoms with Gasteiger partial charge in [0.15, 0.2) is 5.13 Å². The molecule has 1 heterocycles. The van der Waals surface area contributed by atoms with Crippen LogP contribution in [0.15, 0.2) is 42.5 Å². The first-order chi connectivity index (χ1) is 13.9. The molecule has 7 heteroatoms. The van der Waals surface area contributed by atoms with Gasteiger partial charge >= 0.3 is 0 Å². The van der Waals surface area contributed by atoms with E-state index in [-0.39, 0.29) is 11.7 Å². The molecule has 1 amide bonds. The van der Waals surface area contributed by atoms with Crippen LogP contribution in [-0.4, -0.2) is 51.2 Å². The highest BCUT2D eigenvalue weighted by molar-refractivity contribution is 7.22. The fourth-order valence-electron chi connectivity index (χ4n) is 3.20. The molecular weight excluding hydrogens is 387 g/mol. The lowest BCUT2D eigenvalue weighted by molar-refractivity contribution is -0.856. The van der Waals surface area contributed by atoms with E-state index in [9.17, 15) is 9.18 Å². The second-order valence-corrected chi connectivity index (χ2v) is 8.23. The highest BCUT2D eigenvalue weighted by Gasteiger charge is 2.23. The summed E-state index contributed by atoms with van der Waals surface area (Å²) in [6, 6.07) is 12.6. The molecule has 0 radical (unpaired) electrons. The summed E-state index contributed by atoms with van der Waals surface area (Å²) in [5.41, 5.74) is 2.02. The van der Waals surface area contributed by atoms with Crippen molar-refractivity contribution < 1.29 is 14.1 Å². The Morgan fingerprint density at radius 1 is 1.10 bits per heavy atom. The maximum Gasteiger partial charge on any atom is 0.260 e. The van der Waals surface area contributed by atoms with Crippen LogP contribution < -0.4 is 14.7 Å². The molecule has 2 aromatic carbocycles. The Morgan fingerprint density at radius 3 is 2.38 bits per heavy atom. The molecule has 0 unspecified atom stereocenters. The molecule has 154 valence electrons. The number of hydrogen-bond acceptors (Lipinski definition) is 4. The lowest BCUT2D eigenvalue weighted by Gasteiger charge is -2.23. The van der Waals surface area contributed by atoms with E-state index < -0.39 is 0 Å². The number of carbonyl (C=O) groups is 1. The molecule has 3 rings (SSSR count). The predicted molar refractivity (Wildman–Crippen MR) is 119 cm³/mol. The molecule has 1 aromatic heterocycles. The number of fused-ring (bicyclic) bond motifs is 1. The van der Waals surface area contributed by atoms with E-state index in [1.54, 1.807) is 11.0 Å². The van der Waals surface area contributed by atoms with Crippen LogP contribution in [-0.2, 0) is 0 Å². The number of aromatic nitrogens is 1. The fourth-order valence-corrected chi connectivity index (χ4v) is 4.20. The summed E-state index contributed by atoms with van der Waals surface area (Å²) in [5.74, 6) is -0.476. The normalized spacial score (nSPS) is 11.2. The molecule has 0 aliphatic rings. The molecule has 0 fully saturated rings. The first-order valence-electron chi connectivity index (χ1n) is 9.95. The van der Waals surface area contributed by atoms with Crippen molar-refractivity contribution in [3.63, 3.8) is 0 Å². The van der Waals surface area contributed by atoms with Crippen LogP contribution >= 0.6 is 11.3 Å². The molecule has 0 atom stereocenters. The van der Waals surface area contributed by atoms with Crippen molar-refractivity contribution in [1.29, 1.82) is 0 Å². The minimum absolute atomic E-state index is 0.114. The van der Waals surface area contributed by atoms with Gasteiger partial charge in [0.25, 0.3) is 5.91 Å². The average molecular weight is 416 g/mol. The molecule has 1 N–H and O–H groups in total. The van der Waals surface area contributed by atoms with Crippen LogP contribution in [0.25, 0.3) is 10.2 Å². The largest absolute Gasteiger partial charge is 0.372 e. The number of likely N-dealkylation sites (N-methyl/N-ethyl adjacent to an activating group) is 1. The van der Waals surface area contributed by atoms with Crippen LogP contribution in [0.3, 0.4) is 0 Å². The van der Waals surface area contributed by atoms with Crippen molar-refractivity contribution in [1.82, 2.24) is 4.98 Å². The molecule has 0 aliphatic heterocycles. The van der Waals surface area contributed by atoms with Crippen molar-refractivity contribution >= 4 is 38.3 Å². The van der Waals surface area contributed by atoms with Crippen LogP contribution in [0.5, 0.6) is 0 Å². The summed E-state index contributed by atoms with van der Waals surface area (Å²) in [5, 5.41) is 0.532. The van der Waals surface area contributed by atoms with E-state index >= 15 is 0 Å². The van der Waals surface area contributed by atoms with Crippen LogP contribution in [0.2, 0.25) is 0 Å². The Morgan fingerprint density at radius 2 is 1.79 bits per heavy atom. The predicted octanol–water partition coefficient (Wildman–Crippen LogP) is 3.07. The summed E-state index contributed by atoms with van der Waals surface area (Å²) in [6.07, 6.45) is 0. The van der Waals surface area contributed by atoms with Gasteiger partial charge in [-0.1, -0.05) is 17.4 Å². The summed E-state index contributed by atoms with van der Waals surface area (Å²) < 4.78 is 14.9. The second-order valence-electron chi connectivity index (χ2n) is 7.22. The lowest BCUT2D eigenvalue weighted by Crippen LogP contribution is -3.06. The Hall–Kier alpha value is -2.51. The Balaban J connectivity index is 1.93. The zero-order chi connectivity index (χ0) is 21.0. The average Bonchev–Trinajstić information content (AvgIpc) is 3.14. The molecule has 0 aliphatic carbocycles. The first kappa shape index (κ1) is 21.2. The van der Waals surface area contributed by atoms with E-state index in [0.29, 0.717) is 22.8 Å². The zero-order valence-electron chi connectivity index (χ0n) is 17.4. The van der Waals surface area contributed by atoms with E-state index in [0.717, 1.165) is 30.0 Å². The van der Waals surface area contributed by atoms with E-state index in [4.69, 9.17) is 0 Å². The summed E-state index contributed by atoms with van der Waals surface area (Å²) in [6.45, 7) is 7.33. The van der Waals surface area contributed by atoms with Crippen molar-refractivity contribution in [3.05, 3.63) is 53.8 Å². The third-order valence-corrected chi connectivity index (χ3v) is 5.96. The molecule has 0 bridgehead atoms. The number of halogens is 1. The molecular formula is C22H28FN4OS+. The lowest BCUT2D eigenvalue weighted by atomic mass is 10.1. The van der Waals surface area contributed by atoms with Gasteiger partial charge in [-0.15, -0.1) is 0 Å². The third kappa shape index (κ3) is 4.74. The molecule has 0 saturated carbocycles. The number of hydrogen-bond donors (Lipinski definition) is 1. The maximum atomic E-state index is 14.1. The number of thiazole rings is 1. The van der Waals surface area contributed by atoms with Gasteiger partial charge in [0.2, 0.25) is 0 Å². The van der Waals surface area contributed by atoms with Gasteiger partial charge in [-0.25, -0.2) is 9.37 Å². The van der Waals surface area contributed by atoms with Gasteiger partial charge in [-0.05, 0) is 50.2 Å². The van der Waals surface area contributed by atoms with Crippen LogP contribution in [0, 0.1) is 5.82 Å². The van der Waals surface area contributed by atoms with Gasteiger partial charge in [0.05, 0.1) is 31.9 Å². The van der Waals surface area contributed by atoms with E-state index in [1.807, 2.05) is 44.4 Å². The molecule has 3 aromatic rings. The number of rotatable bonds is 8. The number of amides is 1. The van der Waals surface area contributed by atoms with E-state index in [1.165, 1.54) is 22.3 Å². The highest BCUT2D eigenvalue weighted by Crippen LogP contribution is 2.31. The Bertz CT molecular complexity index is 967. The SMILES string of the molecule is CCN(CC)c1ccc(C(=O)N(CC[NH+](C)C)c2nc3c(F)cccc3s2)cc1. The topological polar surface area (TPSA) is 40.9 Å². The van der Waals surface area contributed by atoms with Gasteiger partial charge in [-0.3, -0.25) is 9.69 Å². The van der Waals surface area contributed by atoms with Gasteiger partial charge < -0.3 is 9.80 Å². The monoisotopic (exact) mass is 415 g/mol. The zero-order valence-corrected chi connectivity index (χ0v) is 18.2. The number of anilines is 2. The highest BCUT2D eigenvalue weighted by atomic mass is 32.1. The van der Waals surface area contributed by atoms with Gasteiger partial charge in [0, 0.05) is 24.3 Å². The quantitative estimate of drug-likeness (QED) is 0.615. The summed E-state index contributed by atoms with van der Waals surface area (Å²) in [7, 11) is 4.08. The van der Waals surface area contributed by atoms with Gasteiger partial charge in [-0.2, -0.15) is 0 Å². The standard InChI is InChI=1S/C22H27FN4OS/c1-5-26(6-2)17-12-10-16(11-13-17)21(28)27(15-14-25(3)4)22-24-20-18(23)8-7-9-19(20)29-22/h7-13H,5-6,14-15H2,1-4H3/p+1. The number of nitrogens with one attached hydrogen (secondary N) is 1. The Labute approximate surface area is 175 Å².